The fourth-order valence-electron chi connectivity index (χ4n) is 1.93. The molecular weight excluding hydrogens is 326 g/mol. The fourth-order valence-corrected chi connectivity index (χ4v) is 5.40. The summed E-state index contributed by atoms with van der Waals surface area (Å²) in [5.74, 6) is 0. The maximum absolute atomic E-state index is 12.6. The average Bonchev–Trinajstić information content (AvgIpc) is 2.95. The Bertz CT molecular complexity index is 1050. The Morgan fingerprint density at radius 3 is 2.41 bits per heavy atom. The minimum Gasteiger partial charge on any atom is -0.244 e. The lowest BCUT2D eigenvalue weighted by atomic mass is 10.3. The predicted molar refractivity (Wildman–Crippen MR) is 80.2 cm³/mol. The zero-order chi connectivity index (χ0) is 15.8. The molecule has 2 aromatic carbocycles. The van der Waals surface area contributed by atoms with Crippen LogP contribution in [0.15, 0.2) is 66.7 Å². The highest BCUT2D eigenvalue weighted by Gasteiger charge is 2.22. The van der Waals surface area contributed by atoms with Crippen LogP contribution in [-0.4, -0.2) is 29.2 Å². The first-order chi connectivity index (χ1) is 10.4. The highest BCUT2D eigenvalue weighted by Crippen LogP contribution is 2.24. The van der Waals surface area contributed by atoms with E-state index in [1.807, 2.05) is 0 Å². The Balaban J connectivity index is 2.21. The topological polar surface area (TPSA) is 102 Å². The molecule has 1 aromatic heterocycles. The predicted octanol–water partition coefficient (Wildman–Crippen LogP) is 2.07. The van der Waals surface area contributed by atoms with E-state index >= 15 is 0 Å². The first-order valence-electron chi connectivity index (χ1n) is 6.15. The van der Waals surface area contributed by atoms with Crippen LogP contribution in [0.1, 0.15) is 0 Å². The van der Waals surface area contributed by atoms with Gasteiger partial charge in [0.15, 0.2) is 5.52 Å². The van der Waals surface area contributed by atoms with Gasteiger partial charge in [-0.15, -0.1) is 3.77 Å². The highest BCUT2D eigenvalue weighted by molar-refractivity contribution is 8.03. The molecule has 1 atom stereocenters. The lowest BCUT2D eigenvalue weighted by molar-refractivity contribution is 0.315. The third-order valence-corrected chi connectivity index (χ3v) is 6.90. The van der Waals surface area contributed by atoms with E-state index in [4.69, 9.17) is 0 Å². The summed E-state index contributed by atoms with van der Waals surface area (Å²) in [5, 5.41) is 7.15. The van der Waals surface area contributed by atoms with Gasteiger partial charge in [0.05, 0.1) is 9.73 Å². The van der Waals surface area contributed by atoms with Gasteiger partial charge in [-0.2, -0.15) is 8.42 Å². The molecule has 0 saturated carbocycles. The van der Waals surface area contributed by atoms with Gasteiger partial charge in [-0.05, 0) is 34.6 Å². The van der Waals surface area contributed by atoms with Crippen LogP contribution in [0.5, 0.6) is 0 Å². The van der Waals surface area contributed by atoms with Crippen LogP contribution in [0.25, 0.3) is 11.0 Å². The molecule has 3 aromatic rings. The van der Waals surface area contributed by atoms with Crippen molar-refractivity contribution in [2.45, 2.75) is 9.79 Å². The minimum atomic E-state index is -4.18. The second kappa shape index (κ2) is 5.18. The maximum atomic E-state index is 12.6. The molecule has 0 saturated heterocycles. The van der Waals surface area contributed by atoms with Crippen LogP contribution >= 0.6 is 0 Å². The summed E-state index contributed by atoms with van der Waals surface area (Å²) < 4.78 is 45.7. The van der Waals surface area contributed by atoms with Crippen molar-refractivity contribution in [3.05, 3.63) is 48.5 Å². The molecule has 0 radical (unpaired) electrons. The molecule has 0 aliphatic rings. The van der Waals surface area contributed by atoms with Gasteiger partial charge in [-0.25, -0.2) is 8.84 Å². The van der Waals surface area contributed by atoms with Crippen LogP contribution < -0.4 is 0 Å². The number of fused-ring (bicyclic) bond motifs is 1. The van der Waals surface area contributed by atoms with Gasteiger partial charge in [0, 0.05) is 11.2 Å². The van der Waals surface area contributed by atoms with Crippen molar-refractivity contribution in [3.8, 4) is 0 Å². The van der Waals surface area contributed by atoms with Crippen LogP contribution in [0.2, 0.25) is 0 Å². The van der Waals surface area contributed by atoms with E-state index in [9.17, 15) is 12.6 Å². The van der Waals surface area contributed by atoms with Gasteiger partial charge >= 0.3 is 0 Å². The van der Waals surface area contributed by atoms with E-state index in [0.29, 0.717) is 10.4 Å². The maximum Gasteiger partial charge on any atom is 0.292 e. The zero-order valence-corrected chi connectivity index (χ0v) is 13.0. The lowest BCUT2D eigenvalue weighted by Gasteiger charge is -2.05. The number of hydrogen-bond acceptors (Lipinski definition) is 6. The molecule has 0 spiro atoms. The first kappa shape index (κ1) is 14.7. The van der Waals surface area contributed by atoms with Gasteiger partial charge in [0.2, 0.25) is 0 Å². The SMILES string of the molecule is CS(=O)(=NS(=O)(=O)c1cccc2nonc12)c1ccccc1. The third kappa shape index (κ3) is 2.60. The van der Waals surface area contributed by atoms with E-state index in [2.05, 4.69) is 18.7 Å². The quantitative estimate of drug-likeness (QED) is 0.725. The molecule has 0 aliphatic heterocycles. The van der Waals surface area contributed by atoms with Crippen molar-refractivity contribution in [3.63, 3.8) is 0 Å². The Morgan fingerprint density at radius 1 is 0.955 bits per heavy atom. The Labute approximate surface area is 127 Å². The van der Waals surface area contributed by atoms with E-state index in [-0.39, 0.29) is 10.4 Å². The van der Waals surface area contributed by atoms with Crippen molar-refractivity contribution in [2.75, 3.05) is 6.26 Å². The van der Waals surface area contributed by atoms with Gasteiger partial charge < -0.3 is 0 Å². The molecule has 22 heavy (non-hydrogen) atoms. The summed E-state index contributed by atoms with van der Waals surface area (Å²) in [4.78, 5) is 0.154. The van der Waals surface area contributed by atoms with Crippen LogP contribution in [-0.2, 0) is 19.8 Å². The van der Waals surface area contributed by atoms with E-state index < -0.39 is 19.8 Å². The smallest absolute Gasteiger partial charge is 0.244 e. The molecule has 7 nitrogen and oxygen atoms in total. The van der Waals surface area contributed by atoms with Crippen molar-refractivity contribution in [1.29, 1.82) is 0 Å². The van der Waals surface area contributed by atoms with Crippen molar-refractivity contribution >= 4 is 30.8 Å². The molecule has 0 bridgehead atoms. The molecule has 0 aliphatic carbocycles. The largest absolute Gasteiger partial charge is 0.292 e. The standard InChI is InChI=1S/C13H11N3O4S2/c1-21(17,10-6-3-2-4-7-10)16-22(18,19)12-9-5-8-11-13(12)15-20-14-11/h2-9H,1H3. The number of aromatic nitrogens is 2. The van der Waals surface area contributed by atoms with E-state index in [0.717, 1.165) is 0 Å². The molecular formula is C13H11N3O4S2. The van der Waals surface area contributed by atoms with Gasteiger partial charge in [0.25, 0.3) is 10.0 Å². The van der Waals surface area contributed by atoms with Crippen molar-refractivity contribution < 1.29 is 17.3 Å². The normalized spacial score (nSPS) is 14.6. The van der Waals surface area contributed by atoms with Gasteiger partial charge in [0.1, 0.15) is 10.4 Å². The Hall–Kier alpha value is -2.26. The fraction of sp³-hybridized carbons (Fsp3) is 0.0769. The molecule has 1 heterocycles. The monoisotopic (exact) mass is 337 g/mol. The zero-order valence-electron chi connectivity index (χ0n) is 11.4. The summed E-state index contributed by atoms with van der Waals surface area (Å²) in [6, 6.07) is 12.6. The molecule has 3 rings (SSSR count). The number of rotatable bonds is 3. The molecule has 0 amide bonds. The average molecular weight is 337 g/mol. The summed E-state index contributed by atoms with van der Waals surface area (Å²) in [7, 11) is -7.29. The van der Waals surface area contributed by atoms with Crippen LogP contribution in [0, 0.1) is 0 Å². The summed E-state index contributed by atoms with van der Waals surface area (Å²) in [5.41, 5.74) is 0.355. The number of sulfonamides is 1. The van der Waals surface area contributed by atoms with E-state index in [1.165, 1.54) is 18.4 Å². The van der Waals surface area contributed by atoms with Crippen molar-refractivity contribution in [1.82, 2.24) is 10.3 Å². The minimum absolute atomic E-state index is 0.0644. The van der Waals surface area contributed by atoms with E-state index in [1.54, 1.807) is 36.4 Å². The van der Waals surface area contributed by atoms with Crippen molar-refractivity contribution in [2.24, 2.45) is 3.77 Å². The number of benzene rings is 2. The summed E-state index contributed by atoms with van der Waals surface area (Å²) in [6.07, 6.45) is 1.28. The van der Waals surface area contributed by atoms with Crippen LogP contribution in [0.3, 0.4) is 0 Å². The Kier molecular flexibility index (Phi) is 3.45. The second-order valence-electron chi connectivity index (χ2n) is 4.55. The second-order valence-corrected chi connectivity index (χ2v) is 8.62. The van der Waals surface area contributed by atoms with Gasteiger partial charge in [-0.1, -0.05) is 24.3 Å². The Morgan fingerprint density at radius 2 is 1.68 bits per heavy atom. The molecule has 0 fully saturated rings. The molecule has 9 heteroatoms. The molecule has 0 N–H and O–H groups in total. The highest BCUT2D eigenvalue weighted by atomic mass is 32.3. The number of hydrogen-bond donors (Lipinski definition) is 0. The third-order valence-electron chi connectivity index (χ3n) is 2.95. The van der Waals surface area contributed by atoms with Gasteiger partial charge in [-0.3, -0.25) is 0 Å². The van der Waals surface area contributed by atoms with Crippen LogP contribution in [0.4, 0.5) is 0 Å². The first-order valence-corrected chi connectivity index (χ1v) is 9.51. The number of nitrogens with zero attached hydrogens (tertiary/aromatic N) is 3. The lowest BCUT2D eigenvalue weighted by Crippen LogP contribution is -2.05. The molecule has 114 valence electrons. The molecule has 1 unspecified atom stereocenters. The summed E-state index contributed by atoms with van der Waals surface area (Å²) in [6.45, 7) is 0. The summed E-state index contributed by atoms with van der Waals surface area (Å²) >= 11 is 0.